The van der Waals surface area contributed by atoms with E-state index < -0.39 is 11.7 Å². The Hall–Kier alpha value is -0.770. The first-order chi connectivity index (χ1) is 5.38. The summed E-state index contributed by atoms with van der Waals surface area (Å²) in [5, 5.41) is 0. The van der Waals surface area contributed by atoms with Gasteiger partial charge >= 0.3 is 6.18 Å². The van der Waals surface area contributed by atoms with Gasteiger partial charge in [-0.05, 0) is 13.8 Å². The molecule has 0 heterocycles. The molecule has 0 amide bonds. The van der Waals surface area contributed by atoms with Crippen molar-refractivity contribution in [3.05, 3.63) is 23.3 Å². The maximum Gasteiger partial charge on any atom is 0.416 e. The third-order valence-corrected chi connectivity index (χ3v) is 1.11. The fraction of sp³-hybridized carbons (Fsp3) is 0.500. The van der Waals surface area contributed by atoms with Crippen molar-refractivity contribution >= 4 is 0 Å². The Balaban J connectivity index is 4.70. The highest BCUT2D eigenvalue weighted by atomic mass is 19.4. The number of rotatable bonds is 2. The van der Waals surface area contributed by atoms with Gasteiger partial charge in [0.2, 0.25) is 0 Å². The molecule has 0 saturated heterocycles. The number of hydrogen-bond acceptors (Lipinski definition) is 1. The van der Waals surface area contributed by atoms with Gasteiger partial charge in [0.05, 0.1) is 5.57 Å². The number of hydrogen-bond donors (Lipinski definition) is 1. The highest BCUT2D eigenvalue weighted by molar-refractivity contribution is 5.26. The monoisotopic (exact) mass is 179 g/mol. The fourth-order valence-electron chi connectivity index (χ4n) is 0.694. The molecule has 12 heavy (non-hydrogen) atoms. The summed E-state index contributed by atoms with van der Waals surface area (Å²) in [4.78, 5) is 0. The van der Waals surface area contributed by atoms with Gasteiger partial charge in [-0.15, -0.1) is 0 Å². The van der Waals surface area contributed by atoms with Crippen LogP contribution in [0.3, 0.4) is 0 Å². The van der Waals surface area contributed by atoms with Crippen LogP contribution in [0.1, 0.15) is 13.8 Å². The average molecular weight is 179 g/mol. The van der Waals surface area contributed by atoms with Crippen LogP contribution in [0.2, 0.25) is 0 Å². The van der Waals surface area contributed by atoms with E-state index in [0.29, 0.717) is 5.57 Å². The summed E-state index contributed by atoms with van der Waals surface area (Å²) in [6.07, 6.45) is -2.25. The van der Waals surface area contributed by atoms with Crippen molar-refractivity contribution in [3.63, 3.8) is 0 Å². The first kappa shape index (κ1) is 11.2. The molecule has 2 N–H and O–H groups in total. The zero-order valence-corrected chi connectivity index (χ0v) is 7.07. The van der Waals surface area contributed by atoms with Crippen LogP contribution in [0.25, 0.3) is 0 Å². The molecular formula is C8H12F3N. The minimum Gasteiger partial charge on any atom is -0.327 e. The summed E-state index contributed by atoms with van der Waals surface area (Å²) in [6, 6.07) is 0. The molecule has 70 valence electrons. The lowest BCUT2D eigenvalue weighted by Crippen LogP contribution is -2.12. The minimum absolute atomic E-state index is 0.0986. The van der Waals surface area contributed by atoms with Crippen LogP contribution < -0.4 is 5.73 Å². The summed E-state index contributed by atoms with van der Waals surface area (Å²) in [6.45, 7) is 3.12. The number of nitrogens with two attached hydrogens (primary N) is 1. The Kier molecular flexibility index (Phi) is 4.03. The average Bonchev–Trinajstić information content (AvgIpc) is 1.83. The van der Waals surface area contributed by atoms with E-state index >= 15 is 0 Å². The van der Waals surface area contributed by atoms with Gasteiger partial charge in [-0.3, -0.25) is 0 Å². The van der Waals surface area contributed by atoms with E-state index in [4.69, 9.17) is 5.73 Å². The van der Waals surface area contributed by atoms with E-state index in [9.17, 15) is 13.2 Å². The highest BCUT2D eigenvalue weighted by Gasteiger charge is 2.31. The molecule has 0 spiro atoms. The maximum absolute atomic E-state index is 12.1. The van der Waals surface area contributed by atoms with Crippen LogP contribution in [-0.2, 0) is 0 Å². The molecule has 0 aromatic heterocycles. The lowest BCUT2D eigenvalue weighted by atomic mass is 10.1. The third-order valence-electron chi connectivity index (χ3n) is 1.11. The van der Waals surface area contributed by atoms with Crippen molar-refractivity contribution in [1.29, 1.82) is 0 Å². The second-order valence-corrected chi connectivity index (χ2v) is 2.61. The lowest BCUT2D eigenvalue weighted by molar-refractivity contribution is -0.0884. The molecule has 0 rings (SSSR count). The van der Waals surface area contributed by atoms with Gasteiger partial charge in [-0.1, -0.05) is 17.7 Å². The van der Waals surface area contributed by atoms with Gasteiger partial charge in [0.15, 0.2) is 0 Å². The van der Waals surface area contributed by atoms with Gasteiger partial charge in [-0.25, -0.2) is 0 Å². The zero-order chi connectivity index (χ0) is 9.78. The second-order valence-electron chi connectivity index (χ2n) is 2.61. The Morgan fingerprint density at radius 3 is 2.08 bits per heavy atom. The summed E-state index contributed by atoms with van der Waals surface area (Å²) < 4.78 is 36.3. The van der Waals surface area contributed by atoms with E-state index in [2.05, 4.69) is 0 Å². The van der Waals surface area contributed by atoms with Crippen molar-refractivity contribution in [2.75, 3.05) is 6.54 Å². The number of allylic oxidation sites excluding steroid dienone is 3. The molecular weight excluding hydrogens is 167 g/mol. The lowest BCUT2D eigenvalue weighted by Gasteiger charge is -2.07. The molecule has 1 nitrogen and oxygen atoms in total. The quantitative estimate of drug-likeness (QED) is 0.647. The van der Waals surface area contributed by atoms with Crippen LogP contribution >= 0.6 is 0 Å². The predicted molar refractivity (Wildman–Crippen MR) is 42.6 cm³/mol. The summed E-state index contributed by atoms with van der Waals surface area (Å²) >= 11 is 0. The van der Waals surface area contributed by atoms with Crippen LogP contribution in [0.15, 0.2) is 23.3 Å². The molecule has 0 bridgehead atoms. The van der Waals surface area contributed by atoms with Crippen LogP contribution in [-0.4, -0.2) is 12.7 Å². The van der Waals surface area contributed by atoms with Gasteiger partial charge < -0.3 is 5.73 Å². The molecule has 0 aromatic rings. The van der Waals surface area contributed by atoms with Gasteiger partial charge in [0.25, 0.3) is 0 Å². The first-order valence-electron chi connectivity index (χ1n) is 3.50. The standard InChI is InChI=1S/C8H12F3N/c1-6(2)5-7(3-4-12)8(9,10)11/h3,5H,4,12H2,1-2H3/b7-3+. The minimum atomic E-state index is -4.30. The van der Waals surface area contributed by atoms with Gasteiger partial charge in [-0.2, -0.15) is 13.2 Å². The highest BCUT2D eigenvalue weighted by Crippen LogP contribution is 2.26. The SMILES string of the molecule is CC(C)=C/C(=C\CN)C(F)(F)F. The molecule has 0 saturated carbocycles. The van der Waals surface area contributed by atoms with E-state index in [1.54, 1.807) is 13.8 Å². The summed E-state index contributed by atoms with van der Waals surface area (Å²) in [5.74, 6) is 0. The van der Waals surface area contributed by atoms with E-state index in [1.165, 1.54) is 0 Å². The first-order valence-corrected chi connectivity index (χ1v) is 3.50. The fourth-order valence-corrected chi connectivity index (χ4v) is 0.694. The molecule has 0 aliphatic carbocycles. The van der Waals surface area contributed by atoms with Crippen molar-refractivity contribution in [1.82, 2.24) is 0 Å². The van der Waals surface area contributed by atoms with Crippen molar-refractivity contribution in [3.8, 4) is 0 Å². The van der Waals surface area contributed by atoms with Gasteiger partial charge in [0, 0.05) is 6.54 Å². The Bertz CT molecular complexity index is 197. The third kappa shape index (κ3) is 4.18. The molecule has 0 fully saturated rings. The molecule has 0 aromatic carbocycles. The smallest absolute Gasteiger partial charge is 0.327 e. The van der Waals surface area contributed by atoms with Crippen molar-refractivity contribution in [2.24, 2.45) is 5.73 Å². The number of halogens is 3. The molecule has 4 heteroatoms. The van der Waals surface area contributed by atoms with Crippen LogP contribution in [0, 0.1) is 0 Å². The molecule has 0 unspecified atom stereocenters. The van der Waals surface area contributed by atoms with E-state index in [1.807, 2.05) is 0 Å². The van der Waals surface area contributed by atoms with Crippen molar-refractivity contribution in [2.45, 2.75) is 20.0 Å². The Morgan fingerprint density at radius 1 is 1.33 bits per heavy atom. The van der Waals surface area contributed by atoms with Crippen LogP contribution in [0.5, 0.6) is 0 Å². The zero-order valence-electron chi connectivity index (χ0n) is 7.07. The molecule has 0 radical (unpaired) electrons. The Morgan fingerprint density at radius 2 is 1.83 bits per heavy atom. The van der Waals surface area contributed by atoms with E-state index in [-0.39, 0.29) is 6.54 Å². The van der Waals surface area contributed by atoms with Gasteiger partial charge in [0.1, 0.15) is 0 Å². The topological polar surface area (TPSA) is 26.0 Å². The Labute approximate surface area is 69.8 Å². The van der Waals surface area contributed by atoms with Crippen LogP contribution in [0.4, 0.5) is 13.2 Å². The maximum atomic E-state index is 12.1. The predicted octanol–water partition coefficient (Wildman–Crippen LogP) is 2.40. The molecule has 0 aliphatic heterocycles. The molecule has 0 aliphatic rings. The largest absolute Gasteiger partial charge is 0.416 e. The van der Waals surface area contributed by atoms with Crippen molar-refractivity contribution < 1.29 is 13.2 Å². The molecule has 0 atom stereocenters. The summed E-state index contributed by atoms with van der Waals surface area (Å²) in [7, 11) is 0. The second kappa shape index (κ2) is 4.30. The normalized spacial score (nSPS) is 13.0. The number of alkyl halides is 3. The van der Waals surface area contributed by atoms with E-state index in [0.717, 1.165) is 12.2 Å². The summed E-state index contributed by atoms with van der Waals surface area (Å²) in [5.41, 5.74) is 4.92.